The first kappa shape index (κ1) is 22.2. The Kier molecular flexibility index (Phi) is 8.33. The number of benzene rings is 1. The average Bonchev–Trinajstić information content (AvgIpc) is 2.69. The van der Waals surface area contributed by atoms with Gasteiger partial charge in [0.1, 0.15) is 42.9 Å². The molecule has 156 valence electrons. The van der Waals surface area contributed by atoms with Crippen LogP contribution in [0.25, 0.3) is 6.08 Å². The Morgan fingerprint density at radius 3 is 2.43 bits per heavy atom. The van der Waals surface area contributed by atoms with Gasteiger partial charge < -0.3 is 44.8 Å². The predicted molar refractivity (Wildman–Crippen MR) is 93.8 cm³/mol. The minimum Gasteiger partial charge on any atom is -0.508 e. The van der Waals surface area contributed by atoms with E-state index in [-0.39, 0.29) is 5.75 Å². The Morgan fingerprint density at radius 1 is 1.11 bits per heavy atom. The molecule has 28 heavy (non-hydrogen) atoms. The molecule has 10 nitrogen and oxygen atoms in total. The second-order valence-electron chi connectivity index (χ2n) is 6.24. The van der Waals surface area contributed by atoms with Crippen molar-refractivity contribution in [2.45, 2.75) is 36.8 Å². The third-order valence-corrected chi connectivity index (χ3v) is 4.02. The van der Waals surface area contributed by atoms with Gasteiger partial charge in [-0.15, -0.1) is 0 Å². The van der Waals surface area contributed by atoms with Gasteiger partial charge in [-0.25, -0.2) is 4.79 Å². The Labute approximate surface area is 160 Å². The quantitative estimate of drug-likeness (QED) is 0.215. The van der Waals surface area contributed by atoms with Crippen LogP contribution in [0.2, 0.25) is 0 Å². The van der Waals surface area contributed by atoms with E-state index in [4.69, 9.17) is 19.3 Å². The molecule has 6 atom stereocenters. The van der Waals surface area contributed by atoms with E-state index in [1.165, 1.54) is 18.2 Å². The third kappa shape index (κ3) is 6.24. The molecule has 0 spiro atoms. The van der Waals surface area contributed by atoms with Crippen LogP contribution in [0.4, 0.5) is 0 Å². The SMILES string of the molecule is O=C(/C=C/c1ccc(O)cc1)OC[C@@H](O)CO[C@@H]1OC(CO)[C@@H](O)[C@@H](O)C1O. The molecule has 1 aromatic rings. The molecule has 0 saturated carbocycles. The van der Waals surface area contributed by atoms with Gasteiger partial charge in [0.2, 0.25) is 0 Å². The number of ether oxygens (including phenoxy) is 3. The molecule has 1 aliphatic rings. The number of carbonyl (C=O) groups excluding carboxylic acids is 1. The zero-order valence-corrected chi connectivity index (χ0v) is 14.9. The first-order chi connectivity index (χ1) is 13.3. The molecular formula is C18H24O10. The lowest BCUT2D eigenvalue weighted by molar-refractivity contribution is -0.304. The summed E-state index contributed by atoms with van der Waals surface area (Å²) in [5, 5.41) is 57.2. The minimum absolute atomic E-state index is 0.0993. The second-order valence-corrected chi connectivity index (χ2v) is 6.24. The zero-order valence-electron chi connectivity index (χ0n) is 14.9. The number of aliphatic hydroxyl groups excluding tert-OH is 5. The number of rotatable bonds is 8. The Morgan fingerprint density at radius 2 is 1.79 bits per heavy atom. The first-order valence-corrected chi connectivity index (χ1v) is 8.56. The van der Waals surface area contributed by atoms with Crippen LogP contribution in [0.15, 0.2) is 30.3 Å². The Bertz CT molecular complexity index is 644. The topological polar surface area (TPSA) is 166 Å². The van der Waals surface area contributed by atoms with E-state index in [1.807, 2.05) is 0 Å². The van der Waals surface area contributed by atoms with Crippen LogP contribution >= 0.6 is 0 Å². The van der Waals surface area contributed by atoms with Crippen molar-refractivity contribution in [1.82, 2.24) is 0 Å². The molecule has 6 N–H and O–H groups in total. The van der Waals surface area contributed by atoms with Gasteiger partial charge in [-0.05, 0) is 23.8 Å². The number of carbonyl (C=O) groups is 1. The standard InChI is InChI=1S/C18H24O10/c19-7-13-15(23)16(24)17(25)18(28-13)27-9-12(21)8-26-14(22)6-3-10-1-4-11(20)5-2-10/h1-6,12-13,15-21,23-25H,7-9H2/b6-3+/t12-,13?,15-,16-,17?,18-/m1/s1. The number of phenolic OH excluding ortho intramolecular Hbond substituents is 1. The molecule has 1 saturated heterocycles. The summed E-state index contributed by atoms with van der Waals surface area (Å²) in [6.45, 7) is -1.38. The lowest BCUT2D eigenvalue weighted by atomic mass is 9.99. The largest absolute Gasteiger partial charge is 0.508 e. The van der Waals surface area contributed by atoms with Gasteiger partial charge in [0.25, 0.3) is 0 Å². The summed E-state index contributed by atoms with van der Waals surface area (Å²) in [5.41, 5.74) is 0.668. The maximum atomic E-state index is 11.6. The van der Waals surface area contributed by atoms with E-state index in [2.05, 4.69) is 0 Å². The third-order valence-electron chi connectivity index (χ3n) is 4.02. The minimum atomic E-state index is -1.59. The molecule has 0 amide bonds. The fourth-order valence-corrected chi connectivity index (χ4v) is 2.44. The van der Waals surface area contributed by atoms with E-state index >= 15 is 0 Å². The van der Waals surface area contributed by atoms with Crippen molar-refractivity contribution in [3.8, 4) is 5.75 Å². The number of aromatic hydroxyl groups is 1. The predicted octanol–water partition coefficient (Wildman–Crippen LogP) is -1.87. The number of hydrogen-bond donors (Lipinski definition) is 6. The molecule has 0 aromatic heterocycles. The van der Waals surface area contributed by atoms with Crippen LogP contribution in [0.3, 0.4) is 0 Å². The molecular weight excluding hydrogens is 376 g/mol. The van der Waals surface area contributed by atoms with Crippen LogP contribution in [-0.2, 0) is 19.0 Å². The summed E-state index contributed by atoms with van der Waals surface area (Å²) in [5.74, 6) is -0.609. The van der Waals surface area contributed by atoms with Crippen molar-refractivity contribution < 1.29 is 49.6 Å². The summed E-state index contributed by atoms with van der Waals surface area (Å²) in [6, 6.07) is 6.13. The number of hydrogen-bond acceptors (Lipinski definition) is 10. The number of aliphatic hydroxyl groups is 5. The van der Waals surface area contributed by atoms with Crippen LogP contribution < -0.4 is 0 Å². The maximum Gasteiger partial charge on any atom is 0.330 e. The van der Waals surface area contributed by atoms with Gasteiger partial charge in [0.15, 0.2) is 6.29 Å². The van der Waals surface area contributed by atoms with E-state index in [1.54, 1.807) is 12.1 Å². The smallest absolute Gasteiger partial charge is 0.330 e. The molecule has 0 radical (unpaired) electrons. The van der Waals surface area contributed by atoms with E-state index in [0.29, 0.717) is 5.56 Å². The zero-order chi connectivity index (χ0) is 20.7. The summed E-state index contributed by atoms with van der Waals surface area (Å²) >= 11 is 0. The van der Waals surface area contributed by atoms with E-state index < -0.39 is 62.6 Å². The van der Waals surface area contributed by atoms with Gasteiger partial charge in [0, 0.05) is 6.08 Å². The monoisotopic (exact) mass is 400 g/mol. The number of esters is 1. The highest BCUT2D eigenvalue weighted by molar-refractivity contribution is 5.87. The van der Waals surface area contributed by atoms with Gasteiger partial charge in [-0.1, -0.05) is 12.1 Å². The Balaban J connectivity index is 1.73. The summed E-state index contributed by atoms with van der Waals surface area (Å²) in [4.78, 5) is 11.6. The first-order valence-electron chi connectivity index (χ1n) is 8.56. The van der Waals surface area contributed by atoms with Crippen LogP contribution in [0, 0.1) is 0 Å². The van der Waals surface area contributed by atoms with Crippen LogP contribution in [0.5, 0.6) is 5.75 Å². The van der Waals surface area contributed by atoms with Crippen LogP contribution in [-0.4, -0.2) is 93.2 Å². The van der Waals surface area contributed by atoms with Crippen molar-refractivity contribution in [1.29, 1.82) is 0 Å². The van der Waals surface area contributed by atoms with Gasteiger partial charge in [-0.3, -0.25) is 0 Å². The molecule has 1 aromatic carbocycles. The molecule has 2 rings (SSSR count). The van der Waals surface area contributed by atoms with Gasteiger partial charge in [-0.2, -0.15) is 0 Å². The molecule has 1 aliphatic heterocycles. The fraction of sp³-hybridized carbons (Fsp3) is 0.500. The van der Waals surface area contributed by atoms with Crippen LogP contribution in [0.1, 0.15) is 5.56 Å². The molecule has 0 aliphatic carbocycles. The molecule has 10 heteroatoms. The lowest BCUT2D eigenvalue weighted by Gasteiger charge is -2.39. The van der Waals surface area contributed by atoms with Gasteiger partial charge in [0.05, 0.1) is 13.2 Å². The van der Waals surface area contributed by atoms with E-state index in [0.717, 1.165) is 6.08 Å². The maximum absolute atomic E-state index is 11.6. The van der Waals surface area contributed by atoms with E-state index in [9.17, 15) is 30.3 Å². The summed E-state index contributed by atoms with van der Waals surface area (Å²) < 4.78 is 15.1. The highest BCUT2D eigenvalue weighted by atomic mass is 16.7. The summed E-state index contributed by atoms with van der Waals surface area (Å²) in [7, 11) is 0. The molecule has 1 heterocycles. The van der Waals surface area contributed by atoms with Crippen molar-refractivity contribution in [2.24, 2.45) is 0 Å². The summed E-state index contributed by atoms with van der Waals surface area (Å²) in [6.07, 6.45) is -5.80. The number of phenols is 1. The normalized spacial score (nSPS) is 29.0. The highest BCUT2D eigenvalue weighted by Crippen LogP contribution is 2.22. The van der Waals surface area contributed by atoms with Gasteiger partial charge >= 0.3 is 5.97 Å². The van der Waals surface area contributed by atoms with Crippen molar-refractivity contribution in [3.05, 3.63) is 35.9 Å². The molecule has 1 fully saturated rings. The average molecular weight is 400 g/mol. The van der Waals surface area contributed by atoms with Crippen molar-refractivity contribution in [3.63, 3.8) is 0 Å². The Hall–Kier alpha value is -2.05. The lowest BCUT2D eigenvalue weighted by Crippen LogP contribution is -2.59. The molecule has 2 unspecified atom stereocenters. The van der Waals surface area contributed by atoms with Crippen molar-refractivity contribution in [2.75, 3.05) is 19.8 Å². The second kappa shape index (κ2) is 10.5. The van der Waals surface area contributed by atoms with Crippen molar-refractivity contribution >= 4 is 12.0 Å². The fourth-order valence-electron chi connectivity index (χ4n) is 2.44. The highest BCUT2D eigenvalue weighted by Gasteiger charge is 2.44. The molecule has 0 bridgehead atoms.